The fraction of sp³-hybridized carbons (Fsp3) is 0.857. The molecule has 2 amide bonds. The quantitative estimate of drug-likeness (QED) is 0.565. The molecule has 0 bridgehead atoms. The van der Waals surface area contributed by atoms with E-state index in [4.69, 9.17) is 14.9 Å². The lowest BCUT2D eigenvalue weighted by atomic mass is 9.89. The first-order chi connectivity index (χ1) is 13.5. The monoisotopic (exact) mass is 414 g/mol. The van der Waals surface area contributed by atoms with Crippen LogP contribution in [0.4, 0.5) is 0 Å². The maximum absolute atomic E-state index is 11.4. The van der Waals surface area contributed by atoms with Crippen molar-refractivity contribution in [3.63, 3.8) is 0 Å². The zero-order valence-electron chi connectivity index (χ0n) is 18.4. The molecule has 2 N–H and O–H groups in total. The molecular formula is C21H38N2O6. The number of carboxylic acids is 1. The van der Waals surface area contributed by atoms with Gasteiger partial charge in [0.2, 0.25) is 11.8 Å². The van der Waals surface area contributed by atoms with Crippen LogP contribution in [0.15, 0.2) is 0 Å². The van der Waals surface area contributed by atoms with Crippen LogP contribution in [0.2, 0.25) is 0 Å². The molecule has 0 aromatic carbocycles. The molecule has 8 nitrogen and oxygen atoms in total. The van der Waals surface area contributed by atoms with Gasteiger partial charge in [0.05, 0.1) is 24.2 Å². The van der Waals surface area contributed by atoms with Gasteiger partial charge in [-0.05, 0) is 53.4 Å². The predicted molar refractivity (Wildman–Crippen MR) is 109 cm³/mol. The van der Waals surface area contributed by atoms with Crippen LogP contribution in [0.25, 0.3) is 0 Å². The highest BCUT2D eigenvalue weighted by Gasteiger charge is 2.29. The Hall–Kier alpha value is -1.67. The van der Waals surface area contributed by atoms with Crippen LogP contribution in [0.3, 0.4) is 0 Å². The molecule has 0 aromatic heterocycles. The summed E-state index contributed by atoms with van der Waals surface area (Å²) in [6.07, 6.45) is 4.54. The molecule has 0 saturated carbocycles. The van der Waals surface area contributed by atoms with E-state index in [1.54, 1.807) is 18.7 Å². The molecule has 168 valence electrons. The predicted octanol–water partition coefficient (Wildman–Crippen LogP) is 1.90. The lowest BCUT2D eigenvalue weighted by Gasteiger charge is -2.27. The molecule has 0 aromatic rings. The van der Waals surface area contributed by atoms with Crippen molar-refractivity contribution in [1.82, 2.24) is 9.80 Å². The van der Waals surface area contributed by atoms with E-state index in [1.807, 2.05) is 18.7 Å². The minimum atomic E-state index is -0.802. The second kappa shape index (κ2) is 11.5. The third kappa shape index (κ3) is 9.12. The Labute approximate surface area is 174 Å². The van der Waals surface area contributed by atoms with Gasteiger partial charge in [-0.15, -0.1) is 0 Å². The van der Waals surface area contributed by atoms with Gasteiger partial charge in [0.15, 0.2) is 0 Å². The Balaban J connectivity index is 0.000000291. The minimum Gasteiger partial charge on any atom is -0.481 e. The van der Waals surface area contributed by atoms with Crippen molar-refractivity contribution in [1.29, 1.82) is 0 Å². The number of hydrogen-bond acceptors (Lipinski definition) is 5. The molecule has 2 heterocycles. The minimum absolute atomic E-state index is 0.0477. The van der Waals surface area contributed by atoms with Crippen molar-refractivity contribution in [2.75, 3.05) is 39.4 Å². The van der Waals surface area contributed by atoms with Crippen LogP contribution in [0, 0.1) is 5.41 Å². The first kappa shape index (κ1) is 25.4. The first-order valence-electron chi connectivity index (χ1n) is 10.5. The largest absolute Gasteiger partial charge is 0.481 e. The van der Waals surface area contributed by atoms with Gasteiger partial charge in [-0.1, -0.05) is 0 Å². The Morgan fingerprint density at radius 2 is 1.45 bits per heavy atom. The number of likely N-dealkylation sites (tertiary alicyclic amines) is 2. The molecule has 0 atom stereocenters. The number of aliphatic carboxylic acids is 1. The zero-order valence-corrected chi connectivity index (χ0v) is 18.4. The van der Waals surface area contributed by atoms with E-state index >= 15 is 0 Å². The van der Waals surface area contributed by atoms with Crippen molar-refractivity contribution >= 4 is 17.8 Å². The van der Waals surface area contributed by atoms with E-state index < -0.39 is 11.4 Å². The lowest BCUT2D eigenvalue weighted by molar-refractivity contribution is -0.148. The van der Waals surface area contributed by atoms with Gasteiger partial charge in [0.25, 0.3) is 0 Å². The number of aliphatic hydroxyl groups is 1. The number of rotatable bonds is 10. The molecule has 0 unspecified atom stereocenters. The number of amides is 2. The summed E-state index contributed by atoms with van der Waals surface area (Å²) >= 11 is 0. The molecule has 0 aliphatic carbocycles. The van der Waals surface area contributed by atoms with Crippen LogP contribution in [0.5, 0.6) is 0 Å². The fourth-order valence-electron chi connectivity index (χ4n) is 3.20. The fourth-order valence-corrected chi connectivity index (χ4v) is 3.20. The zero-order chi connectivity index (χ0) is 22.1. The van der Waals surface area contributed by atoms with Gasteiger partial charge in [0.1, 0.15) is 0 Å². The first-order valence-corrected chi connectivity index (χ1v) is 10.5. The molecule has 0 radical (unpaired) electrons. The second-order valence-electron chi connectivity index (χ2n) is 8.99. The van der Waals surface area contributed by atoms with E-state index in [-0.39, 0.29) is 24.0 Å². The van der Waals surface area contributed by atoms with E-state index in [1.165, 1.54) is 0 Å². The van der Waals surface area contributed by atoms with E-state index in [0.29, 0.717) is 32.4 Å². The molecule has 2 aliphatic rings. The molecule has 2 rings (SSSR count). The number of carbonyl (C=O) groups excluding carboxylic acids is 2. The van der Waals surface area contributed by atoms with Gasteiger partial charge in [0, 0.05) is 39.0 Å². The molecular weight excluding hydrogens is 376 g/mol. The van der Waals surface area contributed by atoms with Crippen LogP contribution >= 0.6 is 0 Å². The van der Waals surface area contributed by atoms with Crippen molar-refractivity contribution in [2.45, 2.75) is 71.8 Å². The standard InChI is InChI=1S/C11H21NO3.C10H17NO3/c1-11(2,15-9-8-13)5-7-12-6-3-4-10(12)14;1-10(2,9(13)14)5-7-11-6-3-4-8(11)12/h13H,3-9H2,1-2H3;3-7H2,1-2H3,(H,13,14). The van der Waals surface area contributed by atoms with E-state index in [9.17, 15) is 14.4 Å². The van der Waals surface area contributed by atoms with Crippen LogP contribution in [-0.2, 0) is 19.1 Å². The molecule has 8 heteroatoms. The Morgan fingerprint density at radius 3 is 1.83 bits per heavy atom. The normalized spacial score (nSPS) is 17.6. The summed E-state index contributed by atoms with van der Waals surface area (Å²) in [6, 6.07) is 0. The van der Waals surface area contributed by atoms with E-state index in [2.05, 4.69) is 0 Å². The van der Waals surface area contributed by atoms with Crippen molar-refractivity contribution in [3.05, 3.63) is 0 Å². The number of hydrogen-bond donors (Lipinski definition) is 2. The number of aliphatic hydroxyl groups excluding tert-OH is 1. The van der Waals surface area contributed by atoms with Crippen LogP contribution in [-0.4, -0.2) is 82.8 Å². The molecule has 29 heavy (non-hydrogen) atoms. The summed E-state index contributed by atoms with van der Waals surface area (Å²) in [5.41, 5.74) is -0.992. The summed E-state index contributed by atoms with van der Waals surface area (Å²) in [7, 11) is 0. The van der Waals surface area contributed by atoms with Gasteiger partial charge in [-0.3, -0.25) is 14.4 Å². The van der Waals surface area contributed by atoms with E-state index in [0.717, 1.165) is 38.9 Å². The molecule has 2 saturated heterocycles. The van der Waals surface area contributed by atoms with Gasteiger partial charge < -0.3 is 24.7 Å². The SMILES string of the molecule is CC(C)(CCN1CCCC1=O)C(=O)O.CC(C)(CCN1CCCC1=O)OCCO. The van der Waals surface area contributed by atoms with Gasteiger partial charge in [-0.2, -0.15) is 0 Å². The third-order valence-corrected chi connectivity index (χ3v) is 5.50. The lowest BCUT2D eigenvalue weighted by Crippen LogP contribution is -2.34. The topological polar surface area (TPSA) is 107 Å². The van der Waals surface area contributed by atoms with Crippen molar-refractivity contribution in [2.24, 2.45) is 5.41 Å². The average molecular weight is 415 g/mol. The second-order valence-corrected chi connectivity index (χ2v) is 8.99. The Morgan fingerprint density at radius 1 is 0.966 bits per heavy atom. The third-order valence-electron chi connectivity index (χ3n) is 5.50. The molecule has 2 aliphatic heterocycles. The highest BCUT2D eigenvalue weighted by Crippen LogP contribution is 2.22. The number of carbonyl (C=O) groups is 3. The summed E-state index contributed by atoms with van der Waals surface area (Å²) in [4.78, 5) is 37.0. The average Bonchev–Trinajstić information content (AvgIpc) is 3.25. The van der Waals surface area contributed by atoms with Crippen molar-refractivity contribution < 1.29 is 29.3 Å². The van der Waals surface area contributed by atoms with Crippen LogP contribution < -0.4 is 0 Å². The number of carboxylic acid groups (broad SMARTS) is 1. The highest BCUT2D eigenvalue weighted by atomic mass is 16.5. The smallest absolute Gasteiger partial charge is 0.309 e. The van der Waals surface area contributed by atoms with Crippen molar-refractivity contribution in [3.8, 4) is 0 Å². The molecule has 2 fully saturated rings. The van der Waals surface area contributed by atoms with Crippen LogP contribution in [0.1, 0.15) is 66.2 Å². The summed E-state index contributed by atoms with van der Waals surface area (Å²) < 4.78 is 5.49. The van der Waals surface area contributed by atoms with Gasteiger partial charge in [-0.25, -0.2) is 0 Å². The number of ether oxygens (including phenoxy) is 1. The maximum Gasteiger partial charge on any atom is 0.309 e. The summed E-state index contributed by atoms with van der Waals surface area (Å²) in [5, 5.41) is 17.5. The summed E-state index contributed by atoms with van der Waals surface area (Å²) in [5.74, 6) is -0.386. The Bertz CT molecular complexity index is 561. The number of nitrogens with zero attached hydrogens (tertiary/aromatic N) is 2. The summed E-state index contributed by atoms with van der Waals surface area (Å²) in [6.45, 7) is 10.8. The maximum atomic E-state index is 11.4. The molecule has 0 spiro atoms. The van der Waals surface area contributed by atoms with Gasteiger partial charge >= 0.3 is 5.97 Å². The highest BCUT2D eigenvalue weighted by molar-refractivity contribution is 5.78. The Kier molecular flexibility index (Phi) is 10.1.